The van der Waals surface area contributed by atoms with Gasteiger partial charge in [0.2, 0.25) is 0 Å². The van der Waals surface area contributed by atoms with Gasteiger partial charge in [0.05, 0.1) is 0 Å². The molecule has 1 atom stereocenters. The Hall–Kier alpha value is -2.11. The Labute approximate surface area is 411 Å². The highest BCUT2D eigenvalue weighted by molar-refractivity contribution is 5.71. The minimum Gasteiger partial charge on any atom is -0.462 e. The summed E-state index contributed by atoms with van der Waals surface area (Å²) in [5.74, 6) is -0.856. The molecule has 66 heavy (non-hydrogen) atoms. The van der Waals surface area contributed by atoms with Crippen LogP contribution in [0, 0.1) is 0 Å². The van der Waals surface area contributed by atoms with Crippen molar-refractivity contribution in [1.29, 1.82) is 0 Å². The first kappa shape index (κ1) is 63.9. The molecule has 388 valence electrons. The van der Waals surface area contributed by atoms with Crippen molar-refractivity contribution in [2.75, 3.05) is 13.2 Å². The van der Waals surface area contributed by atoms with Crippen LogP contribution in [0.2, 0.25) is 0 Å². The lowest BCUT2D eigenvalue weighted by Gasteiger charge is -2.18. The number of ether oxygens (including phenoxy) is 3. The maximum absolute atomic E-state index is 12.8. The van der Waals surface area contributed by atoms with E-state index in [0.717, 1.165) is 64.2 Å². The van der Waals surface area contributed by atoms with Crippen molar-refractivity contribution >= 4 is 17.9 Å². The number of allylic oxidation sites excluding steroid dienone is 4. The van der Waals surface area contributed by atoms with Gasteiger partial charge in [-0.1, -0.05) is 276 Å². The lowest BCUT2D eigenvalue weighted by Crippen LogP contribution is -2.30. The van der Waals surface area contributed by atoms with Crippen LogP contribution in [0.15, 0.2) is 24.3 Å². The van der Waals surface area contributed by atoms with Crippen molar-refractivity contribution in [2.24, 2.45) is 0 Å². The molecule has 0 amide bonds. The van der Waals surface area contributed by atoms with Gasteiger partial charge < -0.3 is 14.2 Å². The number of carbonyl (C=O) groups excluding carboxylic acids is 3. The third-order valence-corrected chi connectivity index (χ3v) is 13.2. The normalized spacial score (nSPS) is 12.1. The highest BCUT2D eigenvalue weighted by atomic mass is 16.6. The molecule has 0 aromatic carbocycles. The van der Waals surface area contributed by atoms with Crippen molar-refractivity contribution in [3.05, 3.63) is 24.3 Å². The minimum absolute atomic E-state index is 0.0677. The van der Waals surface area contributed by atoms with Crippen molar-refractivity contribution in [3.8, 4) is 0 Å². The maximum Gasteiger partial charge on any atom is 0.306 e. The second kappa shape index (κ2) is 55.5. The topological polar surface area (TPSA) is 78.9 Å². The lowest BCUT2D eigenvalue weighted by molar-refractivity contribution is -0.167. The van der Waals surface area contributed by atoms with Crippen molar-refractivity contribution in [2.45, 2.75) is 329 Å². The fourth-order valence-electron chi connectivity index (χ4n) is 8.77. The van der Waals surface area contributed by atoms with Crippen LogP contribution in [0.3, 0.4) is 0 Å². The molecule has 1 unspecified atom stereocenters. The Bertz CT molecular complexity index is 1070. The van der Waals surface area contributed by atoms with E-state index in [4.69, 9.17) is 14.2 Å². The molecule has 0 aromatic heterocycles. The summed E-state index contributed by atoms with van der Waals surface area (Å²) in [4.78, 5) is 38.0. The summed E-state index contributed by atoms with van der Waals surface area (Å²) in [5.41, 5.74) is 0. The highest BCUT2D eigenvalue weighted by Crippen LogP contribution is 2.17. The summed E-state index contributed by atoms with van der Waals surface area (Å²) in [6.07, 6.45) is 64.7. The second-order valence-electron chi connectivity index (χ2n) is 19.9. The number of hydrogen-bond acceptors (Lipinski definition) is 6. The lowest BCUT2D eigenvalue weighted by atomic mass is 10.0. The van der Waals surface area contributed by atoms with E-state index in [2.05, 4.69) is 45.1 Å². The second-order valence-corrected chi connectivity index (χ2v) is 19.9. The molecule has 0 fully saturated rings. The summed E-state index contributed by atoms with van der Waals surface area (Å²) < 4.78 is 16.8. The first-order valence-corrected chi connectivity index (χ1v) is 29.3. The van der Waals surface area contributed by atoms with Gasteiger partial charge in [-0.05, 0) is 51.4 Å². The minimum atomic E-state index is -0.767. The smallest absolute Gasteiger partial charge is 0.306 e. The largest absolute Gasteiger partial charge is 0.462 e. The van der Waals surface area contributed by atoms with Gasteiger partial charge in [-0.2, -0.15) is 0 Å². The first-order valence-electron chi connectivity index (χ1n) is 29.3. The Balaban J connectivity index is 4.19. The number of rotatable bonds is 54. The van der Waals surface area contributed by atoms with E-state index in [1.807, 2.05) is 0 Å². The molecule has 6 heteroatoms. The monoisotopic (exact) mass is 929 g/mol. The summed E-state index contributed by atoms with van der Waals surface area (Å²) in [6, 6.07) is 0. The summed E-state index contributed by atoms with van der Waals surface area (Å²) in [6.45, 7) is 6.65. The predicted octanol–water partition coefficient (Wildman–Crippen LogP) is 19.5. The Morgan fingerprint density at radius 1 is 0.303 bits per heavy atom. The third-order valence-electron chi connectivity index (χ3n) is 13.2. The van der Waals surface area contributed by atoms with Gasteiger partial charge in [0.15, 0.2) is 6.10 Å². The van der Waals surface area contributed by atoms with E-state index >= 15 is 0 Å². The molecule has 0 bridgehead atoms. The van der Waals surface area contributed by atoms with Crippen LogP contribution in [-0.2, 0) is 28.6 Å². The van der Waals surface area contributed by atoms with Gasteiger partial charge in [0, 0.05) is 19.3 Å². The molecule has 0 heterocycles. The highest BCUT2D eigenvalue weighted by Gasteiger charge is 2.19. The molecule has 0 aliphatic heterocycles. The van der Waals surface area contributed by atoms with E-state index in [-0.39, 0.29) is 31.1 Å². The van der Waals surface area contributed by atoms with Crippen molar-refractivity contribution < 1.29 is 28.6 Å². The van der Waals surface area contributed by atoms with Crippen LogP contribution in [0.4, 0.5) is 0 Å². The molecule has 0 radical (unpaired) electrons. The van der Waals surface area contributed by atoms with Gasteiger partial charge in [-0.25, -0.2) is 0 Å². The standard InChI is InChI=1S/C60H112O6/c1-4-7-10-13-16-19-21-23-25-27-29-30-32-33-35-37-39-41-44-47-50-53-59(62)65-56-57(55-64-58(61)52-49-46-43-18-15-12-9-6-3)66-60(63)54-51-48-45-42-40-38-36-34-31-28-26-24-22-20-17-14-11-8-5-2/h21,23,27,29,57H,4-20,22,24-26,28,30-56H2,1-3H3/b23-21-,29-27-. The van der Waals surface area contributed by atoms with E-state index in [1.165, 1.54) is 218 Å². The first-order chi connectivity index (χ1) is 32.5. The molecule has 0 rings (SSSR count). The van der Waals surface area contributed by atoms with Gasteiger partial charge in [-0.3, -0.25) is 14.4 Å². The van der Waals surface area contributed by atoms with Gasteiger partial charge >= 0.3 is 17.9 Å². The number of esters is 3. The van der Waals surface area contributed by atoms with E-state index in [0.29, 0.717) is 19.3 Å². The maximum atomic E-state index is 12.8. The van der Waals surface area contributed by atoms with Crippen LogP contribution in [0.1, 0.15) is 323 Å². The fraction of sp³-hybridized carbons (Fsp3) is 0.883. The van der Waals surface area contributed by atoms with Gasteiger partial charge in [0.25, 0.3) is 0 Å². The van der Waals surface area contributed by atoms with Crippen LogP contribution in [-0.4, -0.2) is 37.2 Å². The number of hydrogen-bond donors (Lipinski definition) is 0. The predicted molar refractivity (Wildman–Crippen MR) is 284 cm³/mol. The molecule has 0 aliphatic carbocycles. The third kappa shape index (κ3) is 52.9. The molecule has 0 saturated carbocycles. The zero-order valence-corrected chi connectivity index (χ0v) is 44.5. The van der Waals surface area contributed by atoms with Crippen molar-refractivity contribution in [3.63, 3.8) is 0 Å². The summed E-state index contributed by atoms with van der Waals surface area (Å²) >= 11 is 0. The van der Waals surface area contributed by atoms with Crippen LogP contribution in [0.25, 0.3) is 0 Å². The zero-order valence-electron chi connectivity index (χ0n) is 44.5. The van der Waals surface area contributed by atoms with Gasteiger partial charge in [0.1, 0.15) is 13.2 Å². The average molecular weight is 930 g/mol. The fourth-order valence-corrected chi connectivity index (χ4v) is 8.77. The molecule has 0 N–H and O–H groups in total. The number of carbonyl (C=O) groups is 3. The SMILES string of the molecule is CCCCCCC/C=C\C/C=C\CCCCCCCCCCCC(=O)OCC(COC(=O)CCCCCCCCCC)OC(=O)CCCCCCCCCCCCCCCCCCCCC. The Morgan fingerprint density at radius 3 is 0.833 bits per heavy atom. The molecular weight excluding hydrogens is 817 g/mol. The molecule has 0 aromatic rings. The quantitative estimate of drug-likeness (QED) is 0.0262. The molecule has 6 nitrogen and oxygen atoms in total. The van der Waals surface area contributed by atoms with Gasteiger partial charge in [-0.15, -0.1) is 0 Å². The van der Waals surface area contributed by atoms with Crippen molar-refractivity contribution in [1.82, 2.24) is 0 Å². The molecule has 0 spiro atoms. The molecular formula is C60H112O6. The average Bonchev–Trinajstić information content (AvgIpc) is 3.31. The summed E-state index contributed by atoms with van der Waals surface area (Å²) in [7, 11) is 0. The van der Waals surface area contributed by atoms with Crippen LogP contribution < -0.4 is 0 Å². The van der Waals surface area contributed by atoms with Crippen LogP contribution >= 0.6 is 0 Å². The Kier molecular flexibility index (Phi) is 53.7. The summed E-state index contributed by atoms with van der Waals surface area (Å²) in [5, 5.41) is 0. The Morgan fingerprint density at radius 2 is 0.545 bits per heavy atom. The number of unbranched alkanes of at least 4 members (excludes halogenated alkanes) is 39. The van der Waals surface area contributed by atoms with E-state index in [9.17, 15) is 14.4 Å². The van der Waals surface area contributed by atoms with E-state index in [1.54, 1.807) is 0 Å². The molecule has 0 saturated heterocycles. The van der Waals surface area contributed by atoms with E-state index < -0.39 is 6.10 Å². The van der Waals surface area contributed by atoms with Crippen LogP contribution in [0.5, 0.6) is 0 Å². The zero-order chi connectivity index (χ0) is 47.9. The molecule has 0 aliphatic rings.